The summed E-state index contributed by atoms with van der Waals surface area (Å²) in [4.78, 5) is 21.6. The fourth-order valence-electron chi connectivity index (χ4n) is 1.34. The minimum Gasteiger partial charge on any atom is -0.479 e. The van der Waals surface area contributed by atoms with Gasteiger partial charge in [-0.2, -0.15) is 39.5 Å². The number of hydrogen-bond acceptors (Lipinski definition) is 6. The predicted molar refractivity (Wildman–Crippen MR) is 63.9 cm³/mol. The van der Waals surface area contributed by atoms with E-state index in [0.29, 0.717) is 0 Å². The lowest BCUT2D eigenvalue weighted by Crippen LogP contribution is -2.61. The highest BCUT2D eigenvalue weighted by atomic mass is 32.2. The van der Waals surface area contributed by atoms with Crippen molar-refractivity contribution in [1.82, 2.24) is 0 Å². The summed E-state index contributed by atoms with van der Waals surface area (Å²) in [7, 11) is -3.77. The lowest BCUT2D eigenvalue weighted by molar-refractivity contribution is -0.397. The van der Waals surface area contributed by atoms with Crippen LogP contribution in [0, 0.1) is 0 Å². The van der Waals surface area contributed by atoms with Gasteiger partial charge in [-0.25, -0.2) is 13.2 Å². The van der Waals surface area contributed by atoms with Gasteiger partial charge in [0.15, 0.2) is 6.10 Å². The number of carbonyl (C=O) groups excluding carboxylic acids is 1. The van der Waals surface area contributed by atoms with Crippen molar-refractivity contribution in [3.8, 4) is 0 Å². The van der Waals surface area contributed by atoms with Crippen LogP contribution in [-0.2, 0) is 29.5 Å². The first-order chi connectivity index (χ1) is 11.9. The molecule has 0 spiro atoms. The second-order valence-corrected chi connectivity index (χ2v) is 5.34. The number of halogens is 9. The first kappa shape index (κ1) is 25.2. The zero-order chi connectivity index (χ0) is 21.8. The minimum atomic E-state index is -7.10. The molecular weight excluding hydrogens is 435 g/mol. The molecule has 160 valence electrons. The number of alkyl halides is 9. The minimum absolute atomic E-state index is 1.42. The second-order valence-electron chi connectivity index (χ2n) is 4.68. The number of hydrogen-bond donors (Lipinski definition) is 2. The molecule has 0 radical (unpaired) electrons. The quantitative estimate of drug-likeness (QED) is 0.301. The molecule has 0 aliphatic heterocycles. The summed E-state index contributed by atoms with van der Waals surface area (Å²) in [5.74, 6) is -23.8. The van der Waals surface area contributed by atoms with Crippen molar-refractivity contribution in [1.29, 1.82) is 0 Å². The summed E-state index contributed by atoms with van der Waals surface area (Å²) in [6.45, 7) is -1.81. The number of thiol groups is 1. The molecule has 17 heteroatoms. The Hall–Kier alpha value is -1.78. The summed E-state index contributed by atoms with van der Waals surface area (Å²) in [6, 6.07) is 0. The molecule has 1 N–H and O–H groups in total. The van der Waals surface area contributed by atoms with Gasteiger partial charge in [-0.15, -0.1) is 0 Å². The average Bonchev–Trinajstić information content (AvgIpc) is 2.44. The zero-order valence-corrected chi connectivity index (χ0v) is 13.3. The molecule has 0 aromatic heterocycles. The van der Waals surface area contributed by atoms with Crippen molar-refractivity contribution in [3.63, 3.8) is 0 Å². The van der Waals surface area contributed by atoms with Gasteiger partial charge >= 0.3 is 35.9 Å². The van der Waals surface area contributed by atoms with Crippen molar-refractivity contribution in [2.24, 2.45) is 0 Å². The third-order valence-electron chi connectivity index (χ3n) is 2.73. The van der Waals surface area contributed by atoms with E-state index in [-0.39, 0.29) is 0 Å². The van der Waals surface area contributed by atoms with Gasteiger partial charge in [0.2, 0.25) is 0 Å². The summed E-state index contributed by atoms with van der Waals surface area (Å²) in [5.41, 5.74) is 0. The number of esters is 1. The summed E-state index contributed by atoms with van der Waals surface area (Å²) >= 11 is 0. The predicted octanol–water partition coefficient (Wildman–Crippen LogP) is 1.77. The molecule has 0 amide bonds. The lowest BCUT2D eigenvalue weighted by Gasteiger charge is -2.33. The van der Waals surface area contributed by atoms with Gasteiger partial charge in [-0.05, 0) is 0 Å². The molecule has 1 atom stereocenters. The van der Waals surface area contributed by atoms with Crippen LogP contribution in [0.25, 0.3) is 0 Å². The van der Waals surface area contributed by atoms with Crippen LogP contribution >= 0.6 is 0 Å². The van der Waals surface area contributed by atoms with Crippen LogP contribution < -0.4 is 0 Å². The van der Waals surface area contributed by atoms with E-state index in [1.807, 2.05) is 0 Å². The summed E-state index contributed by atoms with van der Waals surface area (Å²) in [6.07, 6.45) is -13.3. The highest BCUT2D eigenvalue weighted by Crippen LogP contribution is 2.53. The van der Waals surface area contributed by atoms with E-state index >= 15 is 0 Å². The van der Waals surface area contributed by atoms with E-state index in [1.165, 1.54) is 0 Å². The molecular formula is C10H9F9O7S. The number of carboxylic acid groups (broad SMARTS) is 1. The van der Waals surface area contributed by atoms with Gasteiger partial charge < -0.3 is 9.84 Å². The Morgan fingerprint density at radius 1 is 0.926 bits per heavy atom. The van der Waals surface area contributed by atoms with Gasteiger partial charge in [0.25, 0.3) is 11.0 Å². The number of carboxylic acids is 1. The largest absolute Gasteiger partial charge is 0.479 e. The van der Waals surface area contributed by atoms with Crippen molar-refractivity contribution in [3.05, 3.63) is 0 Å². The van der Waals surface area contributed by atoms with Crippen LogP contribution in [-0.4, -0.2) is 62.1 Å². The normalized spacial score (nSPS) is 14.9. The van der Waals surface area contributed by atoms with Crippen LogP contribution in [0.3, 0.4) is 0 Å². The summed E-state index contributed by atoms with van der Waals surface area (Å²) < 4.78 is 141. The first-order valence-corrected chi connectivity index (χ1v) is 7.36. The number of ether oxygens (including phenoxy) is 1. The van der Waals surface area contributed by atoms with Crippen molar-refractivity contribution >= 4 is 22.9 Å². The molecule has 0 saturated heterocycles. The molecule has 27 heavy (non-hydrogen) atoms. The lowest BCUT2D eigenvalue weighted by atomic mass is 10.0. The Balaban J connectivity index is 4.96. The van der Waals surface area contributed by atoms with Crippen molar-refractivity contribution < 1.29 is 71.5 Å². The molecule has 0 fully saturated rings. The number of rotatable bonds is 10. The molecule has 0 heterocycles. The highest BCUT2D eigenvalue weighted by molar-refractivity contribution is 7.67. The SMILES string of the molecule is O=C(CC(O[SH](=O)=O)C(=O)O)OCCC(F)(F)C(F)(F)C(F)(F)C(F)(F)F. The number of aliphatic carboxylic acids is 1. The van der Waals surface area contributed by atoms with E-state index in [4.69, 9.17) is 5.11 Å². The van der Waals surface area contributed by atoms with Gasteiger partial charge in [0.1, 0.15) is 0 Å². The van der Waals surface area contributed by atoms with Crippen molar-refractivity contribution in [2.75, 3.05) is 6.61 Å². The third-order valence-corrected chi connectivity index (χ3v) is 3.16. The van der Waals surface area contributed by atoms with E-state index in [1.54, 1.807) is 0 Å². The Labute approximate surface area is 145 Å². The van der Waals surface area contributed by atoms with E-state index < -0.39 is 72.4 Å². The maximum atomic E-state index is 13.1. The van der Waals surface area contributed by atoms with Crippen molar-refractivity contribution in [2.45, 2.75) is 42.9 Å². The Kier molecular flexibility index (Phi) is 7.93. The van der Waals surface area contributed by atoms with Crippen LogP contribution in [0.5, 0.6) is 0 Å². The topological polar surface area (TPSA) is 107 Å². The monoisotopic (exact) mass is 444 g/mol. The van der Waals surface area contributed by atoms with Gasteiger partial charge in [-0.1, -0.05) is 0 Å². The van der Waals surface area contributed by atoms with Crippen LogP contribution in [0.15, 0.2) is 0 Å². The molecule has 0 saturated carbocycles. The zero-order valence-electron chi connectivity index (χ0n) is 12.4. The molecule has 0 aromatic carbocycles. The van der Waals surface area contributed by atoms with E-state index in [0.717, 1.165) is 0 Å². The molecule has 0 aliphatic carbocycles. The smallest absolute Gasteiger partial charge is 0.460 e. The fraction of sp³-hybridized carbons (Fsp3) is 0.800. The van der Waals surface area contributed by atoms with Crippen LogP contribution in [0.4, 0.5) is 39.5 Å². The standard InChI is InChI=1S/C10H9F9O7S/c11-7(12,8(13,14)9(15,16)10(17,18)19)1-2-25-5(20)3-4(6(21)22)26-27(23)24/h4,27H,1-3H2,(H,21,22). The highest BCUT2D eigenvalue weighted by Gasteiger charge is 2.81. The Morgan fingerprint density at radius 2 is 1.41 bits per heavy atom. The molecule has 7 nitrogen and oxygen atoms in total. The second kappa shape index (κ2) is 8.49. The molecule has 0 aromatic rings. The Morgan fingerprint density at radius 3 is 1.78 bits per heavy atom. The maximum absolute atomic E-state index is 13.1. The van der Waals surface area contributed by atoms with Gasteiger partial charge in [-0.3, -0.25) is 8.98 Å². The van der Waals surface area contributed by atoms with Gasteiger partial charge in [0.05, 0.1) is 19.4 Å². The van der Waals surface area contributed by atoms with Gasteiger partial charge in [0, 0.05) is 0 Å². The van der Waals surface area contributed by atoms with Crippen LogP contribution in [0.2, 0.25) is 0 Å². The van der Waals surface area contributed by atoms with E-state index in [2.05, 4.69) is 8.92 Å². The summed E-state index contributed by atoms with van der Waals surface area (Å²) in [5, 5.41) is 8.49. The van der Waals surface area contributed by atoms with Crippen LogP contribution in [0.1, 0.15) is 12.8 Å². The molecule has 0 aliphatic rings. The molecule has 0 bridgehead atoms. The Bertz CT molecular complexity index is 621. The fourth-order valence-corrected chi connectivity index (χ4v) is 1.71. The maximum Gasteiger partial charge on any atom is 0.460 e. The first-order valence-electron chi connectivity index (χ1n) is 6.26. The number of carbonyl (C=O) groups is 2. The molecule has 0 rings (SSSR count). The third kappa shape index (κ3) is 6.12. The van der Waals surface area contributed by atoms with E-state index in [9.17, 15) is 57.5 Å². The average molecular weight is 444 g/mol. The molecule has 1 unspecified atom stereocenters.